The molecule has 0 aliphatic heterocycles. The number of rotatable bonds is 7. The highest BCUT2D eigenvalue weighted by atomic mass is 79.9. The number of nitrogens with one attached hydrogen (secondary N) is 2. The zero-order chi connectivity index (χ0) is 19.4. The number of H-pyrrole nitrogens is 1. The van der Waals surface area contributed by atoms with Crippen LogP contribution in [0.1, 0.15) is 28.9 Å². The summed E-state index contributed by atoms with van der Waals surface area (Å²) in [7, 11) is 0. The normalized spacial score (nSPS) is 12.3. The number of aryl methyl sites for hydroxylation is 1. The van der Waals surface area contributed by atoms with Crippen molar-refractivity contribution in [2.75, 3.05) is 13.1 Å². The number of halogens is 1. The summed E-state index contributed by atoms with van der Waals surface area (Å²) in [6, 6.07) is 14.5. The van der Waals surface area contributed by atoms with Crippen LogP contribution in [0.2, 0.25) is 0 Å². The molecule has 0 fully saturated rings. The number of hydrogen-bond acceptors (Lipinski definition) is 3. The Morgan fingerprint density at radius 3 is 2.59 bits per heavy atom. The molecule has 0 saturated carbocycles. The van der Waals surface area contributed by atoms with Gasteiger partial charge in [0.2, 0.25) is 0 Å². The zero-order valence-corrected chi connectivity index (χ0v) is 17.0. The highest BCUT2D eigenvalue weighted by Gasteiger charge is 2.17. The molecule has 0 saturated heterocycles. The molecular weight excluding hydrogens is 404 g/mol. The summed E-state index contributed by atoms with van der Waals surface area (Å²) in [6.07, 6.45) is 1.65. The number of amides is 1. The fourth-order valence-corrected chi connectivity index (χ4v) is 3.64. The van der Waals surface area contributed by atoms with E-state index in [1.54, 1.807) is 0 Å². The molecular formula is C21H25BrN4O. The van der Waals surface area contributed by atoms with Crippen LogP contribution in [-0.2, 0) is 0 Å². The topological polar surface area (TPSA) is 96.9 Å². The number of benzene rings is 2. The Hall–Kier alpha value is -2.15. The van der Waals surface area contributed by atoms with E-state index < -0.39 is 0 Å². The van der Waals surface area contributed by atoms with Gasteiger partial charge in [0.15, 0.2) is 0 Å². The van der Waals surface area contributed by atoms with E-state index in [-0.39, 0.29) is 11.9 Å². The third-order valence-corrected chi connectivity index (χ3v) is 5.47. The van der Waals surface area contributed by atoms with Crippen LogP contribution in [0, 0.1) is 6.92 Å². The average molecular weight is 429 g/mol. The van der Waals surface area contributed by atoms with Crippen LogP contribution in [-0.4, -0.2) is 30.0 Å². The van der Waals surface area contributed by atoms with Crippen LogP contribution in [0.25, 0.3) is 22.0 Å². The Kier molecular flexibility index (Phi) is 6.31. The fraction of sp³-hybridized carbons (Fsp3) is 0.286. The molecule has 0 spiro atoms. The first kappa shape index (κ1) is 19.6. The van der Waals surface area contributed by atoms with Crippen LogP contribution in [0.3, 0.4) is 0 Å². The van der Waals surface area contributed by atoms with E-state index in [4.69, 9.17) is 11.5 Å². The SMILES string of the molecule is Cc1ccc(-c2ccc3[nH]c(C(=O)NC[C@@H](N)CCCN)c(Br)c3c2)cc1. The molecule has 1 heterocycles. The Balaban J connectivity index is 1.80. The van der Waals surface area contributed by atoms with Crippen molar-refractivity contribution in [3.63, 3.8) is 0 Å². The van der Waals surface area contributed by atoms with Gasteiger partial charge in [-0.2, -0.15) is 0 Å². The van der Waals surface area contributed by atoms with E-state index in [2.05, 4.69) is 69.6 Å². The molecule has 1 aromatic heterocycles. The Bertz CT molecular complexity index is 933. The maximum Gasteiger partial charge on any atom is 0.268 e. The molecule has 0 aliphatic carbocycles. The minimum atomic E-state index is -0.168. The number of aromatic nitrogens is 1. The molecule has 142 valence electrons. The fourth-order valence-electron chi connectivity index (χ4n) is 3.04. The van der Waals surface area contributed by atoms with Crippen LogP contribution >= 0.6 is 15.9 Å². The highest BCUT2D eigenvalue weighted by Crippen LogP contribution is 2.32. The quantitative estimate of drug-likeness (QED) is 0.461. The lowest BCUT2D eigenvalue weighted by Gasteiger charge is -2.11. The monoisotopic (exact) mass is 428 g/mol. The van der Waals surface area contributed by atoms with E-state index in [1.165, 1.54) is 5.56 Å². The minimum Gasteiger partial charge on any atom is -0.350 e. The van der Waals surface area contributed by atoms with Gasteiger partial charge in [-0.15, -0.1) is 0 Å². The summed E-state index contributed by atoms with van der Waals surface area (Å²) in [5.74, 6) is -0.168. The van der Waals surface area contributed by atoms with Gasteiger partial charge in [-0.25, -0.2) is 0 Å². The third kappa shape index (κ3) is 4.58. The number of carbonyl (C=O) groups excluding carboxylic acids is 1. The summed E-state index contributed by atoms with van der Waals surface area (Å²) in [5, 5.41) is 3.87. The summed E-state index contributed by atoms with van der Waals surface area (Å²) in [6.45, 7) is 3.11. The molecule has 27 heavy (non-hydrogen) atoms. The Labute approximate surface area is 167 Å². The van der Waals surface area contributed by atoms with Gasteiger partial charge in [0, 0.05) is 23.5 Å². The van der Waals surface area contributed by atoms with Crippen molar-refractivity contribution in [1.82, 2.24) is 10.3 Å². The molecule has 3 rings (SSSR count). The highest BCUT2D eigenvalue weighted by molar-refractivity contribution is 9.10. The van der Waals surface area contributed by atoms with Gasteiger partial charge in [-0.3, -0.25) is 4.79 Å². The summed E-state index contributed by atoms with van der Waals surface area (Å²) in [4.78, 5) is 15.8. The summed E-state index contributed by atoms with van der Waals surface area (Å²) in [5.41, 5.74) is 16.4. The molecule has 6 heteroatoms. The van der Waals surface area contributed by atoms with Crippen LogP contribution in [0.15, 0.2) is 46.9 Å². The number of fused-ring (bicyclic) bond motifs is 1. The molecule has 2 aromatic carbocycles. The lowest BCUT2D eigenvalue weighted by atomic mass is 10.0. The maximum atomic E-state index is 12.6. The molecule has 3 aromatic rings. The van der Waals surface area contributed by atoms with Crippen molar-refractivity contribution in [2.24, 2.45) is 11.5 Å². The number of hydrogen-bond donors (Lipinski definition) is 4. The van der Waals surface area contributed by atoms with Crippen LogP contribution < -0.4 is 16.8 Å². The van der Waals surface area contributed by atoms with Crippen molar-refractivity contribution >= 4 is 32.7 Å². The van der Waals surface area contributed by atoms with E-state index in [9.17, 15) is 4.79 Å². The zero-order valence-electron chi connectivity index (χ0n) is 15.4. The number of nitrogens with two attached hydrogens (primary N) is 2. The molecule has 0 unspecified atom stereocenters. The van der Waals surface area contributed by atoms with E-state index in [1.807, 2.05) is 6.07 Å². The van der Waals surface area contributed by atoms with Crippen molar-refractivity contribution in [3.8, 4) is 11.1 Å². The predicted octanol–water partition coefficient (Wildman–Crippen LogP) is 3.70. The molecule has 5 nitrogen and oxygen atoms in total. The van der Waals surface area contributed by atoms with Gasteiger partial charge >= 0.3 is 0 Å². The minimum absolute atomic E-state index is 0.0891. The Morgan fingerprint density at radius 1 is 1.19 bits per heavy atom. The lowest BCUT2D eigenvalue weighted by Crippen LogP contribution is -2.37. The predicted molar refractivity (Wildman–Crippen MR) is 115 cm³/mol. The first-order chi connectivity index (χ1) is 13.0. The van der Waals surface area contributed by atoms with Crippen LogP contribution in [0.5, 0.6) is 0 Å². The van der Waals surface area contributed by atoms with Crippen molar-refractivity contribution in [1.29, 1.82) is 0 Å². The first-order valence-electron chi connectivity index (χ1n) is 9.11. The second-order valence-electron chi connectivity index (χ2n) is 6.84. The van der Waals surface area contributed by atoms with Crippen molar-refractivity contribution in [3.05, 3.63) is 58.2 Å². The molecule has 0 bridgehead atoms. The van der Waals surface area contributed by atoms with Gasteiger partial charge in [0.25, 0.3) is 5.91 Å². The second-order valence-corrected chi connectivity index (χ2v) is 7.63. The third-order valence-electron chi connectivity index (χ3n) is 4.65. The first-order valence-corrected chi connectivity index (χ1v) is 9.91. The smallest absolute Gasteiger partial charge is 0.268 e. The lowest BCUT2D eigenvalue weighted by molar-refractivity contribution is 0.0946. The standard InChI is InChI=1S/C21H25BrN4O/c1-13-4-6-14(7-5-13)15-8-9-18-17(11-15)19(22)20(26-18)21(27)25-12-16(24)3-2-10-23/h4-9,11,16,26H,2-3,10,12,23-24H2,1H3,(H,25,27)/t16-/m0/s1. The summed E-state index contributed by atoms with van der Waals surface area (Å²) >= 11 is 3.58. The molecule has 1 atom stereocenters. The number of carbonyl (C=O) groups is 1. The molecule has 0 aliphatic rings. The molecule has 0 radical (unpaired) electrons. The van der Waals surface area contributed by atoms with Gasteiger partial charge in [0.1, 0.15) is 5.69 Å². The maximum absolute atomic E-state index is 12.6. The van der Waals surface area contributed by atoms with E-state index in [0.29, 0.717) is 18.8 Å². The largest absolute Gasteiger partial charge is 0.350 e. The van der Waals surface area contributed by atoms with Gasteiger partial charge in [-0.1, -0.05) is 35.9 Å². The van der Waals surface area contributed by atoms with Gasteiger partial charge in [-0.05, 0) is 65.5 Å². The summed E-state index contributed by atoms with van der Waals surface area (Å²) < 4.78 is 0.763. The van der Waals surface area contributed by atoms with E-state index in [0.717, 1.165) is 39.3 Å². The van der Waals surface area contributed by atoms with E-state index >= 15 is 0 Å². The second kappa shape index (κ2) is 8.69. The number of aromatic amines is 1. The van der Waals surface area contributed by atoms with Crippen molar-refractivity contribution < 1.29 is 4.79 Å². The Morgan fingerprint density at radius 2 is 1.89 bits per heavy atom. The average Bonchev–Trinajstić information content (AvgIpc) is 3.01. The van der Waals surface area contributed by atoms with Gasteiger partial charge < -0.3 is 21.8 Å². The van der Waals surface area contributed by atoms with Gasteiger partial charge in [0.05, 0.1) is 4.47 Å². The molecule has 1 amide bonds. The van der Waals surface area contributed by atoms with Crippen LogP contribution in [0.4, 0.5) is 0 Å². The molecule has 6 N–H and O–H groups in total. The van der Waals surface area contributed by atoms with Crippen molar-refractivity contribution in [2.45, 2.75) is 25.8 Å².